The van der Waals surface area contributed by atoms with E-state index in [4.69, 9.17) is 0 Å². The Morgan fingerprint density at radius 3 is 2.64 bits per heavy atom. The van der Waals surface area contributed by atoms with E-state index in [9.17, 15) is 0 Å². The number of rotatable bonds is 2. The van der Waals surface area contributed by atoms with Crippen molar-refractivity contribution in [1.29, 1.82) is 0 Å². The molecule has 0 radical (unpaired) electrons. The number of hydrogen-bond acceptors (Lipinski definition) is 4. The first-order chi connectivity index (χ1) is 6.74. The smallest absolute Gasteiger partial charge is 0.228 e. The number of anilines is 2. The van der Waals surface area contributed by atoms with Crippen LogP contribution in [0.15, 0.2) is 29.1 Å². The van der Waals surface area contributed by atoms with Gasteiger partial charge in [0.15, 0.2) is 5.82 Å². The number of halogens is 1. The molecule has 0 aliphatic heterocycles. The Labute approximate surface area is 89.3 Å². The molecule has 72 valence electrons. The van der Waals surface area contributed by atoms with Crippen molar-refractivity contribution in [3.05, 3.63) is 29.1 Å². The number of aromatic nitrogens is 4. The van der Waals surface area contributed by atoms with E-state index in [1.165, 1.54) is 0 Å². The first kappa shape index (κ1) is 9.14. The van der Waals surface area contributed by atoms with Crippen LogP contribution in [0.5, 0.6) is 0 Å². The highest BCUT2D eigenvalue weighted by atomic mass is 79.9. The lowest BCUT2D eigenvalue weighted by Gasteiger charge is -1.99. The molecule has 1 N–H and O–H groups in total. The zero-order valence-electron chi connectivity index (χ0n) is 7.48. The summed E-state index contributed by atoms with van der Waals surface area (Å²) in [5.74, 6) is 1.27. The molecule has 6 heteroatoms. The number of nitrogens with one attached hydrogen (secondary N) is 1. The van der Waals surface area contributed by atoms with Gasteiger partial charge >= 0.3 is 0 Å². The van der Waals surface area contributed by atoms with E-state index in [2.05, 4.69) is 36.3 Å². The molecule has 2 rings (SSSR count). The lowest BCUT2D eigenvalue weighted by atomic mass is 10.6. The van der Waals surface area contributed by atoms with E-state index in [0.717, 1.165) is 10.3 Å². The maximum absolute atomic E-state index is 4.14. The highest BCUT2D eigenvalue weighted by Crippen LogP contribution is 2.11. The van der Waals surface area contributed by atoms with Gasteiger partial charge in [-0.05, 0) is 15.9 Å². The lowest BCUT2D eigenvalue weighted by molar-refractivity contribution is 0.770. The minimum Gasteiger partial charge on any atom is -0.307 e. The van der Waals surface area contributed by atoms with Crippen LogP contribution in [-0.2, 0) is 7.05 Å². The van der Waals surface area contributed by atoms with Gasteiger partial charge in [-0.1, -0.05) is 0 Å². The SMILES string of the molecule is Cn1ccc(Nc2ncc(Br)cn2)n1. The van der Waals surface area contributed by atoms with Crippen LogP contribution in [0.1, 0.15) is 0 Å². The quantitative estimate of drug-likeness (QED) is 0.886. The zero-order chi connectivity index (χ0) is 9.97. The van der Waals surface area contributed by atoms with Gasteiger partial charge in [-0.15, -0.1) is 0 Å². The summed E-state index contributed by atoms with van der Waals surface area (Å²) >= 11 is 3.26. The summed E-state index contributed by atoms with van der Waals surface area (Å²) in [6, 6.07) is 1.85. The third kappa shape index (κ3) is 2.08. The fourth-order valence-corrected chi connectivity index (χ4v) is 1.18. The van der Waals surface area contributed by atoms with Crippen molar-refractivity contribution in [2.24, 2.45) is 7.05 Å². The summed E-state index contributed by atoms with van der Waals surface area (Å²) in [7, 11) is 1.85. The Balaban J connectivity index is 2.15. The van der Waals surface area contributed by atoms with Crippen molar-refractivity contribution in [3.63, 3.8) is 0 Å². The molecule has 0 saturated carbocycles. The van der Waals surface area contributed by atoms with Gasteiger partial charge in [0.1, 0.15) is 0 Å². The molecule has 0 saturated heterocycles. The van der Waals surface area contributed by atoms with E-state index < -0.39 is 0 Å². The van der Waals surface area contributed by atoms with Gasteiger partial charge in [-0.2, -0.15) is 5.10 Å². The first-order valence-electron chi connectivity index (χ1n) is 3.98. The fourth-order valence-electron chi connectivity index (χ4n) is 0.973. The molecule has 0 amide bonds. The van der Waals surface area contributed by atoms with Crippen LogP contribution in [0.3, 0.4) is 0 Å². The third-order valence-corrected chi connectivity index (χ3v) is 1.98. The summed E-state index contributed by atoms with van der Waals surface area (Å²) in [6.07, 6.45) is 5.21. The molecular weight excluding hydrogens is 246 g/mol. The van der Waals surface area contributed by atoms with E-state index in [1.54, 1.807) is 17.1 Å². The number of aryl methyl sites for hydroxylation is 1. The second-order valence-electron chi connectivity index (χ2n) is 2.72. The topological polar surface area (TPSA) is 55.6 Å². The van der Waals surface area contributed by atoms with Gasteiger partial charge in [0, 0.05) is 31.7 Å². The van der Waals surface area contributed by atoms with E-state index in [-0.39, 0.29) is 0 Å². The second-order valence-corrected chi connectivity index (χ2v) is 3.64. The molecule has 2 heterocycles. The summed E-state index contributed by atoms with van der Waals surface area (Å²) in [4.78, 5) is 8.13. The summed E-state index contributed by atoms with van der Waals surface area (Å²) in [5.41, 5.74) is 0. The van der Waals surface area contributed by atoms with E-state index in [1.807, 2.05) is 19.3 Å². The molecule has 0 aromatic carbocycles. The lowest BCUT2D eigenvalue weighted by Crippen LogP contribution is -1.97. The standard InChI is InChI=1S/C8H8BrN5/c1-14-3-2-7(13-14)12-8-10-4-6(9)5-11-8/h2-5H,1H3,(H,10,11,12,13). The molecule has 0 unspecified atom stereocenters. The summed E-state index contributed by atoms with van der Waals surface area (Å²) < 4.78 is 2.56. The Hall–Kier alpha value is -1.43. The van der Waals surface area contributed by atoms with Crippen molar-refractivity contribution in [2.45, 2.75) is 0 Å². The Kier molecular flexibility index (Phi) is 2.45. The molecule has 0 spiro atoms. The predicted molar refractivity (Wildman–Crippen MR) is 56.2 cm³/mol. The molecule has 0 bridgehead atoms. The van der Waals surface area contributed by atoms with Gasteiger partial charge in [0.05, 0.1) is 4.47 Å². The Bertz CT molecular complexity index is 422. The van der Waals surface area contributed by atoms with Crippen molar-refractivity contribution in [2.75, 3.05) is 5.32 Å². The van der Waals surface area contributed by atoms with E-state index in [0.29, 0.717) is 5.95 Å². The minimum atomic E-state index is 0.534. The van der Waals surface area contributed by atoms with Crippen LogP contribution in [0.2, 0.25) is 0 Å². The average Bonchev–Trinajstić information content (AvgIpc) is 2.56. The highest BCUT2D eigenvalue weighted by Gasteiger charge is 1.99. The maximum atomic E-state index is 4.14. The van der Waals surface area contributed by atoms with Crippen molar-refractivity contribution >= 4 is 27.7 Å². The van der Waals surface area contributed by atoms with Crippen molar-refractivity contribution < 1.29 is 0 Å². The maximum Gasteiger partial charge on any atom is 0.228 e. The van der Waals surface area contributed by atoms with E-state index >= 15 is 0 Å². The molecule has 2 aromatic heterocycles. The third-order valence-electron chi connectivity index (χ3n) is 1.57. The first-order valence-corrected chi connectivity index (χ1v) is 4.77. The van der Waals surface area contributed by atoms with Crippen molar-refractivity contribution in [3.8, 4) is 0 Å². The average molecular weight is 254 g/mol. The molecule has 14 heavy (non-hydrogen) atoms. The molecule has 2 aromatic rings. The molecule has 0 fully saturated rings. The monoisotopic (exact) mass is 253 g/mol. The van der Waals surface area contributed by atoms with Gasteiger partial charge in [0.25, 0.3) is 0 Å². The molecule has 0 aliphatic carbocycles. The zero-order valence-corrected chi connectivity index (χ0v) is 9.06. The Morgan fingerprint density at radius 1 is 1.36 bits per heavy atom. The predicted octanol–water partition coefficient (Wildman–Crippen LogP) is 1.72. The van der Waals surface area contributed by atoms with Gasteiger partial charge in [-0.3, -0.25) is 4.68 Å². The molecule has 0 aliphatic rings. The van der Waals surface area contributed by atoms with Gasteiger partial charge < -0.3 is 5.32 Å². The summed E-state index contributed by atoms with van der Waals surface area (Å²) in [5, 5.41) is 7.12. The number of hydrogen-bond donors (Lipinski definition) is 1. The molecule has 0 atom stereocenters. The minimum absolute atomic E-state index is 0.534. The van der Waals surface area contributed by atoms with Crippen LogP contribution in [0, 0.1) is 0 Å². The van der Waals surface area contributed by atoms with Crippen LogP contribution in [-0.4, -0.2) is 19.7 Å². The summed E-state index contributed by atoms with van der Waals surface area (Å²) in [6.45, 7) is 0. The van der Waals surface area contributed by atoms with Gasteiger partial charge in [-0.25, -0.2) is 9.97 Å². The Morgan fingerprint density at radius 2 is 2.07 bits per heavy atom. The van der Waals surface area contributed by atoms with Crippen LogP contribution >= 0.6 is 15.9 Å². The van der Waals surface area contributed by atoms with Crippen LogP contribution < -0.4 is 5.32 Å². The molecular formula is C8H8BrN5. The fraction of sp³-hybridized carbons (Fsp3) is 0.125. The van der Waals surface area contributed by atoms with Crippen LogP contribution in [0.4, 0.5) is 11.8 Å². The number of nitrogens with zero attached hydrogens (tertiary/aromatic N) is 4. The highest BCUT2D eigenvalue weighted by molar-refractivity contribution is 9.10. The van der Waals surface area contributed by atoms with Crippen molar-refractivity contribution in [1.82, 2.24) is 19.7 Å². The largest absolute Gasteiger partial charge is 0.307 e. The molecule has 5 nitrogen and oxygen atoms in total. The van der Waals surface area contributed by atoms with Gasteiger partial charge in [0.2, 0.25) is 5.95 Å². The second kappa shape index (κ2) is 3.75. The van der Waals surface area contributed by atoms with Crippen LogP contribution in [0.25, 0.3) is 0 Å². The normalized spacial score (nSPS) is 10.1.